The van der Waals surface area contributed by atoms with Crippen LogP contribution in [0.15, 0.2) is 18.2 Å². The highest BCUT2D eigenvalue weighted by Crippen LogP contribution is 2.28. The van der Waals surface area contributed by atoms with Crippen LogP contribution in [0.1, 0.15) is 19.8 Å². The second-order valence-corrected chi connectivity index (χ2v) is 4.84. The molecule has 0 amide bonds. The van der Waals surface area contributed by atoms with Crippen molar-refractivity contribution in [3.8, 4) is 0 Å². The van der Waals surface area contributed by atoms with Crippen molar-refractivity contribution < 1.29 is 4.74 Å². The van der Waals surface area contributed by atoms with E-state index >= 15 is 0 Å². The summed E-state index contributed by atoms with van der Waals surface area (Å²) in [6.45, 7) is 4.88. The first-order valence-electron chi connectivity index (χ1n) is 6.12. The summed E-state index contributed by atoms with van der Waals surface area (Å²) in [5, 5.41) is 0.685. The molecule has 17 heavy (non-hydrogen) atoms. The molecule has 3 nitrogen and oxygen atoms in total. The van der Waals surface area contributed by atoms with Gasteiger partial charge in [-0.2, -0.15) is 0 Å². The fourth-order valence-electron chi connectivity index (χ4n) is 2.17. The van der Waals surface area contributed by atoms with Gasteiger partial charge in [-0.15, -0.1) is 0 Å². The summed E-state index contributed by atoms with van der Waals surface area (Å²) in [6, 6.07) is 5.69. The molecule has 1 aromatic carbocycles. The van der Waals surface area contributed by atoms with E-state index < -0.39 is 0 Å². The Morgan fingerprint density at radius 1 is 1.53 bits per heavy atom. The van der Waals surface area contributed by atoms with E-state index in [1.54, 1.807) is 0 Å². The predicted octanol–water partition coefficient (Wildman–Crippen LogP) is 2.93. The Labute approximate surface area is 107 Å². The maximum atomic E-state index is 6.02. The van der Waals surface area contributed by atoms with Crippen molar-refractivity contribution in [2.45, 2.75) is 25.9 Å². The van der Waals surface area contributed by atoms with Crippen LogP contribution in [0.2, 0.25) is 5.02 Å². The molecule has 94 valence electrons. The van der Waals surface area contributed by atoms with E-state index in [2.05, 4.69) is 11.8 Å². The van der Waals surface area contributed by atoms with Crippen LogP contribution in [0.5, 0.6) is 0 Å². The maximum absolute atomic E-state index is 6.02. The van der Waals surface area contributed by atoms with E-state index in [1.165, 1.54) is 0 Å². The number of nitrogens with two attached hydrogens (primary N) is 1. The second kappa shape index (κ2) is 5.61. The minimum absolute atomic E-state index is 0.299. The van der Waals surface area contributed by atoms with Crippen LogP contribution < -0.4 is 10.6 Å². The minimum Gasteiger partial charge on any atom is -0.397 e. The number of nitrogens with zero attached hydrogens (tertiary/aromatic N) is 1. The van der Waals surface area contributed by atoms with E-state index in [-0.39, 0.29) is 0 Å². The fourth-order valence-corrected chi connectivity index (χ4v) is 2.35. The first-order chi connectivity index (χ1) is 8.20. The summed E-state index contributed by atoms with van der Waals surface area (Å²) in [5.41, 5.74) is 7.84. The maximum Gasteiger partial charge on any atom is 0.0747 e. The lowest BCUT2D eigenvalue weighted by atomic mass is 10.2. The molecule has 4 heteroatoms. The monoisotopic (exact) mass is 254 g/mol. The second-order valence-electron chi connectivity index (χ2n) is 4.40. The molecule has 1 aliphatic rings. The van der Waals surface area contributed by atoms with Crippen molar-refractivity contribution in [2.24, 2.45) is 0 Å². The molecule has 0 aliphatic carbocycles. The Bertz CT molecular complexity index is 384. The first kappa shape index (κ1) is 12.5. The smallest absolute Gasteiger partial charge is 0.0747 e. The molecule has 1 atom stereocenters. The molecule has 1 heterocycles. The van der Waals surface area contributed by atoms with Crippen LogP contribution >= 0.6 is 11.6 Å². The van der Waals surface area contributed by atoms with Crippen molar-refractivity contribution >= 4 is 23.0 Å². The lowest BCUT2D eigenvalue weighted by Crippen LogP contribution is -2.31. The van der Waals surface area contributed by atoms with Gasteiger partial charge in [-0.3, -0.25) is 0 Å². The number of hydrogen-bond acceptors (Lipinski definition) is 3. The van der Waals surface area contributed by atoms with Crippen LogP contribution in [-0.2, 0) is 4.74 Å². The van der Waals surface area contributed by atoms with E-state index in [4.69, 9.17) is 22.1 Å². The molecule has 0 saturated carbocycles. The van der Waals surface area contributed by atoms with Crippen LogP contribution in [0.4, 0.5) is 11.4 Å². The Morgan fingerprint density at radius 3 is 3.06 bits per heavy atom. The summed E-state index contributed by atoms with van der Waals surface area (Å²) in [4.78, 5) is 2.30. The largest absolute Gasteiger partial charge is 0.397 e. The molecule has 1 fully saturated rings. The Hall–Kier alpha value is -0.930. The molecule has 0 bridgehead atoms. The summed E-state index contributed by atoms with van der Waals surface area (Å²) in [6.07, 6.45) is 2.37. The van der Waals surface area contributed by atoms with E-state index in [1.807, 2.05) is 18.2 Å². The molecule has 0 spiro atoms. The number of halogens is 1. The van der Waals surface area contributed by atoms with Crippen LogP contribution in [0, 0.1) is 0 Å². The Kier molecular flexibility index (Phi) is 4.13. The molecule has 2 N–H and O–H groups in total. The SMILES string of the molecule is CCC1CN(c2ccc(Cl)cc2N)CCCO1. The van der Waals surface area contributed by atoms with Gasteiger partial charge in [0.1, 0.15) is 0 Å². The van der Waals surface area contributed by atoms with Crippen LogP contribution in [-0.4, -0.2) is 25.8 Å². The number of ether oxygens (including phenoxy) is 1. The number of rotatable bonds is 2. The van der Waals surface area contributed by atoms with Crippen molar-refractivity contribution in [1.29, 1.82) is 0 Å². The highest BCUT2D eigenvalue weighted by molar-refractivity contribution is 6.31. The summed E-state index contributed by atoms with van der Waals surface area (Å²) in [7, 11) is 0. The molecular formula is C13H19ClN2O. The average Bonchev–Trinajstić information content (AvgIpc) is 2.54. The number of nitrogen functional groups attached to an aromatic ring is 1. The topological polar surface area (TPSA) is 38.5 Å². The highest BCUT2D eigenvalue weighted by atomic mass is 35.5. The van der Waals surface area contributed by atoms with Gasteiger partial charge in [0.15, 0.2) is 0 Å². The molecule has 2 rings (SSSR count). The third-order valence-corrected chi connectivity index (χ3v) is 3.37. The molecule has 1 aliphatic heterocycles. The van der Waals surface area contributed by atoms with E-state index in [9.17, 15) is 0 Å². The zero-order valence-corrected chi connectivity index (χ0v) is 10.9. The lowest BCUT2D eigenvalue weighted by molar-refractivity contribution is 0.0664. The van der Waals surface area contributed by atoms with Gasteiger partial charge in [0, 0.05) is 24.7 Å². The van der Waals surface area contributed by atoms with Gasteiger partial charge in [-0.05, 0) is 31.0 Å². The Morgan fingerprint density at radius 2 is 2.35 bits per heavy atom. The van der Waals surface area contributed by atoms with Gasteiger partial charge in [0.25, 0.3) is 0 Å². The van der Waals surface area contributed by atoms with Gasteiger partial charge < -0.3 is 15.4 Å². The minimum atomic E-state index is 0.299. The van der Waals surface area contributed by atoms with Crippen molar-refractivity contribution in [1.82, 2.24) is 0 Å². The van der Waals surface area contributed by atoms with Gasteiger partial charge >= 0.3 is 0 Å². The molecule has 0 radical (unpaired) electrons. The quantitative estimate of drug-likeness (QED) is 0.825. The van der Waals surface area contributed by atoms with E-state index in [0.717, 1.165) is 43.9 Å². The van der Waals surface area contributed by atoms with Gasteiger partial charge in [0.05, 0.1) is 17.5 Å². The van der Waals surface area contributed by atoms with Gasteiger partial charge in [0.2, 0.25) is 0 Å². The molecule has 1 saturated heterocycles. The first-order valence-corrected chi connectivity index (χ1v) is 6.50. The standard InChI is InChI=1S/C13H19ClN2O/c1-2-11-9-16(6-3-7-17-11)13-5-4-10(14)8-12(13)15/h4-5,8,11H,2-3,6-7,9,15H2,1H3. The number of hydrogen-bond donors (Lipinski definition) is 1. The lowest BCUT2D eigenvalue weighted by Gasteiger charge is -2.26. The molecule has 1 unspecified atom stereocenters. The van der Waals surface area contributed by atoms with Crippen LogP contribution in [0.3, 0.4) is 0 Å². The summed E-state index contributed by atoms with van der Waals surface area (Å²) in [5.74, 6) is 0. The Balaban J connectivity index is 2.19. The molecule has 0 aromatic heterocycles. The van der Waals surface area contributed by atoms with Crippen molar-refractivity contribution in [3.63, 3.8) is 0 Å². The normalized spacial score (nSPS) is 21.3. The van der Waals surface area contributed by atoms with Gasteiger partial charge in [-0.25, -0.2) is 0 Å². The zero-order valence-electron chi connectivity index (χ0n) is 10.2. The average molecular weight is 255 g/mol. The predicted molar refractivity (Wildman–Crippen MR) is 72.7 cm³/mol. The van der Waals surface area contributed by atoms with Crippen molar-refractivity contribution in [3.05, 3.63) is 23.2 Å². The zero-order chi connectivity index (χ0) is 12.3. The highest BCUT2D eigenvalue weighted by Gasteiger charge is 2.18. The van der Waals surface area contributed by atoms with Gasteiger partial charge in [-0.1, -0.05) is 18.5 Å². The van der Waals surface area contributed by atoms with Crippen molar-refractivity contribution in [2.75, 3.05) is 30.3 Å². The molecular weight excluding hydrogens is 236 g/mol. The molecule has 1 aromatic rings. The third-order valence-electron chi connectivity index (χ3n) is 3.14. The fraction of sp³-hybridized carbons (Fsp3) is 0.538. The number of anilines is 2. The summed E-state index contributed by atoms with van der Waals surface area (Å²) >= 11 is 5.92. The number of benzene rings is 1. The van der Waals surface area contributed by atoms with E-state index in [0.29, 0.717) is 11.1 Å². The summed E-state index contributed by atoms with van der Waals surface area (Å²) < 4.78 is 5.76. The third kappa shape index (κ3) is 3.05. The van der Waals surface area contributed by atoms with Crippen LogP contribution in [0.25, 0.3) is 0 Å².